The fraction of sp³-hybridized carbons (Fsp3) is 0.153. The van der Waals surface area contributed by atoms with E-state index in [0.717, 1.165) is 33.7 Å². The highest BCUT2D eigenvalue weighted by Gasteiger charge is 2.33. The lowest BCUT2D eigenvalue weighted by molar-refractivity contribution is -0.137. The second-order valence-electron chi connectivity index (χ2n) is 19.0. The van der Waals surface area contributed by atoms with Gasteiger partial charge in [-0.1, -0.05) is 54.6 Å². The first-order valence-electron chi connectivity index (χ1n) is 24.6. The van der Waals surface area contributed by atoms with Crippen molar-refractivity contribution in [1.29, 1.82) is 10.5 Å². The fourth-order valence-electron chi connectivity index (χ4n) is 10.4. The average Bonchev–Trinajstić information content (AvgIpc) is 4.12. The number of benzene rings is 6. The van der Waals surface area contributed by atoms with Crippen LogP contribution < -0.4 is 0 Å². The van der Waals surface area contributed by atoms with Crippen molar-refractivity contribution in [2.75, 3.05) is 0 Å². The fourth-order valence-corrected chi connectivity index (χ4v) is 10.4. The van der Waals surface area contributed by atoms with Crippen LogP contribution >= 0.6 is 0 Å². The second kappa shape index (κ2) is 18.2. The van der Waals surface area contributed by atoms with E-state index in [0.29, 0.717) is 120 Å². The van der Waals surface area contributed by atoms with Crippen LogP contribution in [0.2, 0.25) is 0 Å². The Morgan fingerprint density at radius 1 is 0.372 bits per heavy atom. The molecule has 6 aromatic carbocycles. The number of aromatic nitrogens is 14. The highest BCUT2D eigenvalue weighted by molar-refractivity contribution is 6.13. The van der Waals surface area contributed by atoms with Crippen LogP contribution in [-0.2, 0) is 6.18 Å². The van der Waals surface area contributed by atoms with E-state index in [1.807, 2.05) is 88.0 Å². The quantitative estimate of drug-likeness (QED) is 0.145. The Morgan fingerprint density at radius 3 is 1.04 bits per heavy atom. The molecule has 0 aliphatic rings. The van der Waals surface area contributed by atoms with Crippen molar-refractivity contribution in [2.45, 2.75) is 61.6 Å². The third-order valence-corrected chi connectivity index (χ3v) is 13.4. The van der Waals surface area contributed by atoms with E-state index in [-0.39, 0.29) is 27.9 Å². The highest BCUT2D eigenvalue weighted by Crippen LogP contribution is 2.45. The molecule has 0 unspecified atom stereocenters. The molecule has 78 heavy (non-hydrogen) atoms. The Hall–Kier alpha value is -10.3. The van der Waals surface area contributed by atoms with Crippen LogP contribution in [0.4, 0.5) is 13.2 Å². The molecule has 0 aliphatic heterocycles. The van der Waals surface area contributed by atoms with Gasteiger partial charge in [-0.05, 0) is 109 Å². The minimum atomic E-state index is -4.83. The zero-order chi connectivity index (χ0) is 54.5. The maximum atomic E-state index is 15.0. The summed E-state index contributed by atoms with van der Waals surface area (Å²) in [5, 5.41) is 25.5. The van der Waals surface area contributed by atoms with Gasteiger partial charge in [0.05, 0.1) is 50.6 Å². The van der Waals surface area contributed by atoms with E-state index >= 15 is 0 Å². The number of aryl methyl sites for hydroxylation is 8. The van der Waals surface area contributed by atoms with E-state index in [1.165, 1.54) is 6.07 Å². The summed E-state index contributed by atoms with van der Waals surface area (Å²) in [5.41, 5.74) is 4.68. The van der Waals surface area contributed by atoms with Crippen molar-refractivity contribution in [3.63, 3.8) is 0 Å². The third-order valence-electron chi connectivity index (χ3n) is 13.4. The van der Waals surface area contributed by atoms with E-state index in [9.17, 15) is 23.7 Å². The lowest BCUT2D eigenvalue weighted by atomic mass is 9.95. The van der Waals surface area contributed by atoms with Gasteiger partial charge in [0.15, 0.2) is 23.3 Å². The lowest BCUT2D eigenvalue weighted by Crippen LogP contribution is -2.08. The maximum absolute atomic E-state index is 15.0. The Kier molecular flexibility index (Phi) is 11.4. The number of alkyl halides is 3. The van der Waals surface area contributed by atoms with Gasteiger partial charge in [0.2, 0.25) is 0 Å². The van der Waals surface area contributed by atoms with Crippen LogP contribution in [-0.4, -0.2) is 68.9 Å². The van der Waals surface area contributed by atoms with Crippen LogP contribution in [0, 0.1) is 78.1 Å². The van der Waals surface area contributed by atoms with Gasteiger partial charge in [0.25, 0.3) is 0 Å². The summed E-state index contributed by atoms with van der Waals surface area (Å²) < 4.78 is 48.8. The standard InChI is InChI=1S/C59H41F3N16/c1-28-65-29(2)70-55(69-28)37-9-13-44-45-14-10-38(56-71-30(3)66-31(4)72-56)23-51(45)77(50(44)22-37)49-18-17-43(41-19-36(26-63)20-42(21-41)59(60,61)62)54(48(49)27-64)78-52-24-39(57-73-32(5)67-33(6)74-57)11-15-46(52)47-16-12-40(25-53(47)78)58-75-34(7)68-35(8)76-58/h9-25H,1-8H3. The molecule has 0 saturated carbocycles. The maximum Gasteiger partial charge on any atom is 0.416 e. The zero-order valence-electron chi connectivity index (χ0n) is 43.1. The summed E-state index contributed by atoms with van der Waals surface area (Å²) >= 11 is 0. The number of hydrogen-bond acceptors (Lipinski definition) is 14. The first-order chi connectivity index (χ1) is 37.4. The SMILES string of the molecule is Cc1nc(C)nc(-c2ccc3c4ccc(-c5nc(C)nc(C)n5)cc4n(-c4ccc(-c5cc(C#N)cc(C(F)(F)F)c5)c(-n5c6cc(-c7nc(C)nc(C)n7)ccc6c6ccc(-c7nc(C)nc(C)n7)cc65)c4C#N)c3c2)n1. The Balaban J connectivity index is 1.26. The molecule has 6 heterocycles. The molecule has 19 heteroatoms. The molecule has 0 saturated heterocycles. The molecule has 0 bridgehead atoms. The number of rotatable bonds is 7. The number of nitriles is 2. The normalized spacial score (nSPS) is 11.8. The van der Waals surface area contributed by atoms with Crippen molar-refractivity contribution in [3.8, 4) is 80.2 Å². The summed E-state index contributed by atoms with van der Waals surface area (Å²) in [4.78, 5) is 55.3. The largest absolute Gasteiger partial charge is 0.416 e. The zero-order valence-corrected chi connectivity index (χ0v) is 43.1. The summed E-state index contributed by atoms with van der Waals surface area (Å²) in [6.07, 6.45) is -4.83. The molecule has 378 valence electrons. The van der Waals surface area contributed by atoms with Crippen molar-refractivity contribution in [3.05, 3.63) is 166 Å². The van der Waals surface area contributed by atoms with E-state index < -0.39 is 11.7 Å². The van der Waals surface area contributed by atoms with Gasteiger partial charge in [-0.3, -0.25) is 0 Å². The predicted molar refractivity (Wildman–Crippen MR) is 288 cm³/mol. The molecule has 12 aromatic rings. The van der Waals surface area contributed by atoms with Gasteiger partial charge in [0, 0.05) is 49.4 Å². The smallest absolute Gasteiger partial charge is 0.308 e. The van der Waals surface area contributed by atoms with Crippen molar-refractivity contribution < 1.29 is 13.2 Å². The van der Waals surface area contributed by atoms with Gasteiger partial charge in [-0.25, -0.2) is 59.8 Å². The van der Waals surface area contributed by atoms with Gasteiger partial charge in [-0.15, -0.1) is 0 Å². The molecule has 6 aromatic heterocycles. The van der Waals surface area contributed by atoms with Crippen LogP contribution in [0.25, 0.3) is 112 Å². The molecule has 0 aliphatic carbocycles. The molecule has 16 nitrogen and oxygen atoms in total. The van der Waals surface area contributed by atoms with Crippen LogP contribution in [0.1, 0.15) is 63.3 Å². The Labute approximate surface area is 442 Å². The second-order valence-corrected chi connectivity index (χ2v) is 19.0. The number of fused-ring (bicyclic) bond motifs is 6. The molecule has 12 rings (SSSR count). The van der Waals surface area contributed by atoms with Crippen LogP contribution in [0.3, 0.4) is 0 Å². The summed E-state index contributed by atoms with van der Waals surface area (Å²) in [5.74, 6) is 5.81. The molecule has 0 fully saturated rings. The first kappa shape index (κ1) is 48.7. The molecular weight excluding hydrogens is 990 g/mol. The number of halogens is 3. The minimum absolute atomic E-state index is 0.0436. The van der Waals surface area contributed by atoms with Crippen LogP contribution in [0.5, 0.6) is 0 Å². The van der Waals surface area contributed by atoms with Crippen molar-refractivity contribution in [1.82, 2.24) is 68.9 Å². The summed E-state index contributed by atoms with van der Waals surface area (Å²) in [6, 6.07) is 34.4. The van der Waals surface area contributed by atoms with Gasteiger partial charge >= 0.3 is 6.18 Å². The predicted octanol–water partition coefficient (Wildman–Crippen LogP) is 12.2. The number of nitrogens with zero attached hydrogens (tertiary/aromatic N) is 16. The van der Waals surface area contributed by atoms with Crippen molar-refractivity contribution >= 4 is 43.6 Å². The average molecular weight is 1030 g/mol. The topological polar surface area (TPSA) is 212 Å². The Bertz CT molecular complexity index is 4340. The monoisotopic (exact) mass is 1030 g/mol. The molecule has 0 atom stereocenters. The van der Waals surface area contributed by atoms with Gasteiger partial charge in [-0.2, -0.15) is 23.7 Å². The molecule has 0 radical (unpaired) electrons. The third kappa shape index (κ3) is 8.43. The summed E-state index contributed by atoms with van der Waals surface area (Å²) in [6.45, 7) is 14.3. The number of hydrogen-bond donors (Lipinski definition) is 0. The van der Waals surface area contributed by atoms with Gasteiger partial charge in [0.1, 0.15) is 58.2 Å². The Morgan fingerprint density at radius 2 is 0.718 bits per heavy atom. The molecular formula is C59H41F3N16. The van der Waals surface area contributed by atoms with E-state index in [4.69, 9.17) is 39.9 Å². The first-order valence-corrected chi connectivity index (χ1v) is 24.6. The van der Waals surface area contributed by atoms with Crippen LogP contribution in [0.15, 0.2) is 103 Å². The highest BCUT2D eigenvalue weighted by atomic mass is 19.4. The molecule has 0 spiro atoms. The summed E-state index contributed by atoms with van der Waals surface area (Å²) in [7, 11) is 0. The van der Waals surface area contributed by atoms with E-state index in [1.54, 1.807) is 67.5 Å². The lowest BCUT2D eigenvalue weighted by Gasteiger charge is -2.21. The van der Waals surface area contributed by atoms with Crippen molar-refractivity contribution in [2.24, 2.45) is 0 Å². The molecule has 0 N–H and O–H groups in total. The molecule has 0 amide bonds. The minimum Gasteiger partial charge on any atom is -0.308 e. The van der Waals surface area contributed by atoms with E-state index in [2.05, 4.69) is 26.0 Å². The van der Waals surface area contributed by atoms with Gasteiger partial charge < -0.3 is 9.13 Å².